The normalized spacial score (nSPS) is 37.4. The molecule has 2 unspecified atom stereocenters. The average molecular weight is 114 g/mol. The second kappa shape index (κ2) is 1.65. The van der Waals surface area contributed by atoms with Crippen molar-refractivity contribution in [3.63, 3.8) is 0 Å². The number of nitrogens with zero attached hydrogens (tertiary/aromatic N) is 1. The molecule has 1 fully saturated rings. The van der Waals surface area contributed by atoms with E-state index in [-0.39, 0.29) is 0 Å². The van der Waals surface area contributed by atoms with Gasteiger partial charge in [0.05, 0.1) is 0 Å². The van der Waals surface area contributed by atoms with Crippen molar-refractivity contribution in [2.75, 3.05) is 0 Å². The zero-order chi connectivity index (χ0) is 6.15. The van der Waals surface area contributed by atoms with Crippen molar-refractivity contribution in [1.29, 1.82) is 0 Å². The van der Waals surface area contributed by atoms with Crippen molar-refractivity contribution in [2.24, 2.45) is 22.7 Å². The van der Waals surface area contributed by atoms with Crippen LogP contribution in [0.4, 0.5) is 0 Å². The van der Waals surface area contributed by atoms with Crippen molar-refractivity contribution >= 4 is 5.84 Å². The zero-order valence-corrected chi connectivity index (χ0v) is 4.83. The van der Waals surface area contributed by atoms with E-state index in [1.165, 1.54) is 0 Å². The van der Waals surface area contributed by atoms with Gasteiger partial charge in [-0.2, -0.15) is 0 Å². The van der Waals surface area contributed by atoms with Crippen LogP contribution in [0.5, 0.6) is 0 Å². The van der Waals surface area contributed by atoms with Gasteiger partial charge in [0, 0.05) is 5.92 Å². The van der Waals surface area contributed by atoms with Gasteiger partial charge in [-0.25, -0.2) is 0 Å². The van der Waals surface area contributed by atoms with E-state index < -0.39 is 0 Å². The highest BCUT2D eigenvalue weighted by atomic mass is 16.4. The third-order valence-electron chi connectivity index (χ3n) is 1.60. The van der Waals surface area contributed by atoms with Gasteiger partial charge in [0.2, 0.25) is 0 Å². The van der Waals surface area contributed by atoms with Crippen LogP contribution in [0.1, 0.15) is 13.3 Å². The number of rotatable bonds is 1. The fourth-order valence-electron chi connectivity index (χ4n) is 0.808. The number of nitrogens with two attached hydrogens (primary N) is 1. The monoisotopic (exact) mass is 114 g/mol. The molecule has 1 aliphatic rings. The second-order valence-electron chi connectivity index (χ2n) is 2.34. The van der Waals surface area contributed by atoms with Crippen LogP contribution in [-0.2, 0) is 0 Å². The summed E-state index contributed by atoms with van der Waals surface area (Å²) in [6.07, 6.45) is 1.08. The van der Waals surface area contributed by atoms with Crippen molar-refractivity contribution in [3.8, 4) is 0 Å². The number of hydrogen-bond donors (Lipinski definition) is 2. The first-order chi connectivity index (χ1) is 3.75. The maximum atomic E-state index is 8.13. The number of oxime groups is 1. The smallest absolute Gasteiger partial charge is 0.142 e. The van der Waals surface area contributed by atoms with Crippen LogP contribution in [0, 0.1) is 11.8 Å². The summed E-state index contributed by atoms with van der Waals surface area (Å²) in [4.78, 5) is 0. The van der Waals surface area contributed by atoms with Crippen LogP contribution in [0.25, 0.3) is 0 Å². The summed E-state index contributed by atoms with van der Waals surface area (Å²) in [5, 5.41) is 11.0. The SMILES string of the molecule is CC1CC1/C(N)=N/O. The van der Waals surface area contributed by atoms with Crippen LogP contribution in [0.3, 0.4) is 0 Å². The first-order valence-electron chi connectivity index (χ1n) is 2.73. The summed E-state index contributed by atoms with van der Waals surface area (Å²) < 4.78 is 0. The summed E-state index contributed by atoms with van der Waals surface area (Å²) >= 11 is 0. The molecule has 0 heterocycles. The topological polar surface area (TPSA) is 58.6 Å². The molecule has 0 bridgehead atoms. The van der Waals surface area contributed by atoms with Crippen molar-refractivity contribution in [3.05, 3.63) is 0 Å². The summed E-state index contributed by atoms with van der Waals surface area (Å²) in [6, 6.07) is 0. The molecule has 1 rings (SSSR count). The van der Waals surface area contributed by atoms with Gasteiger partial charge in [0.1, 0.15) is 5.84 Å². The molecule has 3 nitrogen and oxygen atoms in total. The Bertz CT molecular complexity index is 122. The van der Waals surface area contributed by atoms with E-state index in [0.717, 1.165) is 6.42 Å². The highest BCUT2D eigenvalue weighted by molar-refractivity contribution is 5.84. The molecule has 1 saturated carbocycles. The molecule has 0 aromatic carbocycles. The van der Waals surface area contributed by atoms with E-state index >= 15 is 0 Å². The van der Waals surface area contributed by atoms with E-state index in [2.05, 4.69) is 12.1 Å². The summed E-state index contributed by atoms with van der Waals surface area (Å²) in [6.45, 7) is 2.09. The summed E-state index contributed by atoms with van der Waals surface area (Å²) in [5.74, 6) is 1.38. The minimum absolute atomic E-state index is 0.361. The molecule has 0 aliphatic heterocycles. The molecular weight excluding hydrogens is 104 g/mol. The Labute approximate surface area is 48.2 Å². The van der Waals surface area contributed by atoms with Crippen LogP contribution in [-0.4, -0.2) is 11.0 Å². The molecule has 8 heavy (non-hydrogen) atoms. The zero-order valence-electron chi connectivity index (χ0n) is 4.83. The van der Waals surface area contributed by atoms with Gasteiger partial charge < -0.3 is 10.9 Å². The largest absolute Gasteiger partial charge is 0.409 e. The van der Waals surface area contributed by atoms with Crippen molar-refractivity contribution in [2.45, 2.75) is 13.3 Å². The highest BCUT2D eigenvalue weighted by Gasteiger charge is 2.36. The highest BCUT2D eigenvalue weighted by Crippen LogP contribution is 2.37. The fraction of sp³-hybridized carbons (Fsp3) is 0.800. The Hall–Kier alpha value is -0.730. The fourth-order valence-corrected chi connectivity index (χ4v) is 0.808. The quantitative estimate of drug-likeness (QED) is 0.224. The van der Waals surface area contributed by atoms with E-state index in [9.17, 15) is 0 Å². The first-order valence-corrected chi connectivity index (χ1v) is 2.73. The summed E-state index contributed by atoms with van der Waals surface area (Å²) in [5.41, 5.74) is 5.27. The number of hydrogen-bond acceptors (Lipinski definition) is 2. The number of amidine groups is 1. The van der Waals surface area contributed by atoms with Crippen LogP contribution in [0.2, 0.25) is 0 Å². The lowest BCUT2D eigenvalue weighted by molar-refractivity contribution is 0.316. The third kappa shape index (κ3) is 0.757. The molecule has 0 spiro atoms. The minimum Gasteiger partial charge on any atom is -0.409 e. The third-order valence-corrected chi connectivity index (χ3v) is 1.60. The summed E-state index contributed by atoms with van der Waals surface area (Å²) in [7, 11) is 0. The molecule has 3 N–H and O–H groups in total. The van der Waals surface area contributed by atoms with Gasteiger partial charge in [-0.15, -0.1) is 0 Å². The predicted molar refractivity (Wildman–Crippen MR) is 30.7 cm³/mol. The molecule has 0 aromatic rings. The lowest BCUT2D eigenvalue weighted by Gasteiger charge is -1.88. The van der Waals surface area contributed by atoms with Gasteiger partial charge in [-0.1, -0.05) is 12.1 Å². The Morgan fingerprint density at radius 2 is 2.38 bits per heavy atom. The Morgan fingerprint density at radius 3 is 2.50 bits per heavy atom. The van der Waals surface area contributed by atoms with Gasteiger partial charge >= 0.3 is 0 Å². The Morgan fingerprint density at radius 1 is 1.88 bits per heavy atom. The van der Waals surface area contributed by atoms with E-state index in [0.29, 0.717) is 17.7 Å². The van der Waals surface area contributed by atoms with Crippen molar-refractivity contribution in [1.82, 2.24) is 0 Å². The molecule has 46 valence electrons. The van der Waals surface area contributed by atoms with Crippen LogP contribution < -0.4 is 5.73 Å². The lowest BCUT2D eigenvalue weighted by atomic mass is 10.3. The van der Waals surface area contributed by atoms with Gasteiger partial charge in [-0.3, -0.25) is 0 Å². The Kier molecular flexibility index (Phi) is 1.12. The first kappa shape index (κ1) is 5.41. The predicted octanol–water partition coefficient (Wildman–Crippen LogP) is 0.389. The van der Waals surface area contributed by atoms with Gasteiger partial charge in [0.25, 0.3) is 0 Å². The standard InChI is InChI=1S/C5H10N2O/c1-3-2-4(3)5(6)7-8/h3-4,8H,2H2,1H3,(H2,6,7). The average Bonchev–Trinajstić information content (AvgIpc) is 2.45. The lowest BCUT2D eigenvalue weighted by Crippen LogP contribution is -2.14. The van der Waals surface area contributed by atoms with Crippen LogP contribution >= 0.6 is 0 Å². The van der Waals surface area contributed by atoms with E-state index in [1.54, 1.807) is 0 Å². The molecule has 2 atom stereocenters. The van der Waals surface area contributed by atoms with Crippen LogP contribution in [0.15, 0.2) is 5.16 Å². The molecule has 0 radical (unpaired) electrons. The molecule has 1 aliphatic carbocycles. The van der Waals surface area contributed by atoms with Crippen molar-refractivity contribution < 1.29 is 5.21 Å². The van der Waals surface area contributed by atoms with E-state index in [4.69, 9.17) is 10.9 Å². The molecule has 0 aromatic heterocycles. The second-order valence-corrected chi connectivity index (χ2v) is 2.34. The Balaban J connectivity index is 2.39. The maximum Gasteiger partial charge on any atom is 0.142 e. The maximum absolute atomic E-state index is 8.13. The van der Waals surface area contributed by atoms with Gasteiger partial charge in [-0.05, 0) is 12.3 Å². The van der Waals surface area contributed by atoms with E-state index in [1.807, 2.05) is 0 Å². The minimum atomic E-state index is 0.361. The molecule has 0 amide bonds. The molecular formula is C5H10N2O. The van der Waals surface area contributed by atoms with Gasteiger partial charge in [0.15, 0.2) is 0 Å². The molecule has 0 saturated heterocycles. The molecule has 3 heteroatoms.